The van der Waals surface area contributed by atoms with Crippen molar-refractivity contribution in [3.8, 4) is 0 Å². The highest BCUT2D eigenvalue weighted by Crippen LogP contribution is 2.17. The third kappa shape index (κ3) is 3.79. The molecule has 2 rings (SSSR count). The van der Waals surface area contributed by atoms with E-state index in [2.05, 4.69) is 10.6 Å². The second-order valence-electron chi connectivity index (χ2n) is 4.50. The molecule has 108 valence electrons. The molecule has 0 aliphatic heterocycles. The number of carbonyl (C=O) groups is 2. The molecule has 2 aromatic carbocycles. The standard InChI is InChI=1S/C15H14FN3O2/c1-9-2-7-13(12(16)8-9)19-14(20)10-3-5-11(6-4-10)18-15(17)21/h2-8H,1H3,(H,19,20)(H3,17,18,21). The Bertz CT molecular complexity index is 684. The van der Waals surface area contributed by atoms with Gasteiger partial charge in [-0.2, -0.15) is 0 Å². The quantitative estimate of drug-likeness (QED) is 0.811. The van der Waals surface area contributed by atoms with Gasteiger partial charge in [0.1, 0.15) is 5.82 Å². The number of carbonyl (C=O) groups excluding carboxylic acids is 2. The molecule has 0 aliphatic rings. The molecule has 0 fully saturated rings. The highest BCUT2D eigenvalue weighted by atomic mass is 19.1. The molecule has 0 heterocycles. The van der Waals surface area contributed by atoms with E-state index in [1.807, 2.05) is 0 Å². The summed E-state index contributed by atoms with van der Waals surface area (Å²) in [6.45, 7) is 1.76. The van der Waals surface area contributed by atoms with Crippen LogP contribution in [0.25, 0.3) is 0 Å². The number of hydrogen-bond donors (Lipinski definition) is 3. The van der Waals surface area contributed by atoms with E-state index in [4.69, 9.17) is 5.73 Å². The number of hydrogen-bond acceptors (Lipinski definition) is 2. The Kier molecular flexibility index (Phi) is 4.18. The minimum absolute atomic E-state index is 0.116. The smallest absolute Gasteiger partial charge is 0.316 e. The van der Waals surface area contributed by atoms with Crippen LogP contribution >= 0.6 is 0 Å². The number of primary amides is 1. The minimum atomic E-state index is -0.686. The van der Waals surface area contributed by atoms with Crippen molar-refractivity contribution in [1.82, 2.24) is 0 Å². The molecule has 0 aliphatic carbocycles. The Hall–Kier alpha value is -2.89. The maximum Gasteiger partial charge on any atom is 0.316 e. The van der Waals surface area contributed by atoms with E-state index >= 15 is 0 Å². The van der Waals surface area contributed by atoms with E-state index in [0.717, 1.165) is 5.56 Å². The van der Waals surface area contributed by atoms with Gasteiger partial charge in [0.05, 0.1) is 5.69 Å². The van der Waals surface area contributed by atoms with Crippen molar-refractivity contribution in [3.05, 3.63) is 59.4 Å². The Morgan fingerprint density at radius 1 is 1.05 bits per heavy atom. The number of nitrogens with one attached hydrogen (secondary N) is 2. The normalized spacial score (nSPS) is 10.0. The van der Waals surface area contributed by atoms with Gasteiger partial charge in [0.2, 0.25) is 0 Å². The summed E-state index contributed by atoms with van der Waals surface area (Å²) in [5, 5.41) is 4.87. The summed E-state index contributed by atoms with van der Waals surface area (Å²) >= 11 is 0. The number of amides is 3. The van der Waals surface area contributed by atoms with Crippen LogP contribution in [0.15, 0.2) is 42.5 Å². The highest BCUT2D eigenvalue weighted by molar-refractivity contribution is 6.04. The summed E-state index contributed by atoms with van der Waals surface area (Å²) in [7, 11) is 0. The second kappa shape index (κ2) is 6.04. The van der Waals surface area contributed by atoms with E-state index in [0.29, 0.717) is 11.3 Å². The first-order chi connectivity index (χ1) is 9.95. The number of anilines is 2. The van der Waals surface area contributed by atoms with Crippen LogP contribution in [0.5, 0.6) is 0 Å². The molecule has 0 atom stereocenters. The van der Waals surface area contributed by atoms with Crippen molar-refractivity contribution >= 4 is 23.3 Å². The third-order valence-electron chi connectivity index (χ3n) is 2.79. The molecule has 5 nitrogen and oxygen atoms in total. The Morgan fingerprint density at radius 3 is 2.29 bits per heavy atom. The van der Waals surface area contributed by atoms with Gasteiger partial charge in [-0.15, -0.1) is 0 Å². The third-order valence-corrected chi connectivity index (χ3v) is 2.79. The summed E-state index contributed by atoms with van der Waals surface area (Å²) in [6.07, 6.45) is 0. The fourth-order valence-electron chi connectivity index (χ4n) is 1.76. The zero-order valence-electron chi connectivity index (χ0n) is 11.3. The molecule has 4 N–H and O–H groups in total. The molecule has 0 spiro atoms. The Labute approximate surface area is 121 Å². The van der Waals surface area contributed by atoms with Gasteiger partial charge in [-0.1, -0.05) is 6.07 Å². The van der Waals surface area contributed by atoms with Crippen molar-refractivity contribution in [2.45, 2.75) is 6.92 Å². The van der Waals surface area contributed by atoms with E-state index in [1.165, 1.54) is 36.4 Å². The van der Waals surface area contributed by atoms with Crippen LogP contribution in [0.2, 0.25) is 0 Å². The van der Waals surface area contributed by atoms with E-state index in [-0.39, 0.29) is 5.69 Å². The first kappa shape index (κ1) is 14.5. The van der Waals surface area contributed by atoms with Crippen molar-refractivity contribution in [2.75, 3.05) is 10.6 Å². The Balaban J connectivity index is 2.11. The average Bonchev–Trinajstić information content (AvgIpc) is 2.42. The fourth-order valence-corrected chi connectivity index (χ4v) is 1.76. The zero-order valence-corrected chi connectivity index (χ0v) is 11.3. The molecule has 0 aromatic heterocycles. The van der Waals surface area contributed by atoms with Crippen molar-refractivity contribution in [3.63, 3.8) is 0 Å². The van der Waals surface area contributed by atoms with Crippen molar-refractivity contribution < 1.29 is 14.0 Å². The van der Waals surface area contributed by atoms with Gasteiger partial charge in [-0.3, -0.25) is 4.79 Å². The van der Waals surface area contributed by atoms with Crippen LogP contribution in [-0.2, 0) is 0 Å². The van der Waals surface area contributed by atoms with Crippen LogP contribution in [0, 0.1) is 12.7 Å². The minimum Gasteiger partial charge on any atom is -0.351 e. The molecule has 0 saturated carbocycles. The van der Waals surface area contributed by atoms with Gasteiger partial charge >= 0.3 is 6.03 Å². The molecule has 0 unspecified atom stereocenters. The van der Waals surface area contributed by atoms with Crippen LogP contribution in [0.4, 0.5) is 20.6 Å². The lowest BCUT2D eigenvalue weighted by molar-refractivity contribution is 0.102. The van der Waals surface area contributed by atoms with E-state index < -0.39 is 17.8 Å². The van der Waals surface area contributed by atoms with Crippen LogP contribution < -0.4 is 16.4 Å². The Morgan fingerprint density at radius 2 is 1.71 bits per heavy atom. The van der Waals surface area contributed by atoms with Gasteiger partial charge in [0, 0.05) is 11.3 Å². The SMILES string of the molecule is Cc1ccc(NC(=O)c2ccc(NC(N)=O)cc2)c(F)c1. The summed E-state index contributed by atoms with van der Waals surface area (Å²) in [4.78, 5) is 22.7. The summed E-state index contributed by atoms with van der Waals surface area (Å²) in [5.74, 6) is -0.932. The first-order valence-corrected chi connectivity index (χ1v) is 6.20. The molecule has 21 heavy (non-hydrogen) atoms. The number of urea groups is 1. The zero-order chi connectivity index (χ0) is 15.4. The summed E-state index contributed by atoms with van der Waals surface area (Å²) < 4.78 is 13.7. The molecule has 6 heteroatoms. The molecular weight excluding hydrogens is 273 g/mol. The van der Waals surface area contributed by atoms with Gasteiger partial charge in [0.25, 0.3) is 5.91 Å². The second-order valence-corrected chi connectivity index (χ2v) is 4.50. The van der Waals surface area contributed by atoms with Crippen LogP contribution in [0.1, 0.15) is 15.9 Å². The highest BCUT2D eigenvalue weighted by Gasteiger charge is 2.09. The van der Waals surface area contributed by atoms with E-state index in [9.17, 15) is 14.0 Å². The van der Waals surface area contributed by atoms with Gasteiger partial charge in [-0.05, 0) is 48.9 Å². The number of aryl methyl sites for hydroxylation is 1. The topological polar surface area (TPSA) is 84.2 Å². The average molecular weight is 287 g/mol. The molecule has 0 saturated heterocycles. The van der Waals surface area contributed by atoms with Crippen molar-refractivity contribution in [1.29, 1.82) is 0 Å². The first-order valence-electron chi connectivity index (χ1n) is 6.20. The van der Waals surface area contributed by atoms with E-state index in [1.54, 1.807) is 13.0 Å². The predicted octanol–water partition coefficient (Wildman–Crippen LogP) is 2.88. The van der Waals surface area contributed by atoms with Gasteiger partial charge in [0.15, 0.2) is 0 Å². The summed E-state index contributed by atoms with van der Waals surface area (Å²) in [6, 6.07) is 9.95. The lowest BCUT2D eigenvalue weighted by atomic mass is 10.1. The number of rotatable bonds is 3. The molecular formula is C15H14FN3O2. The van der Waals surface area contributed by atoms with Crippen molar-refractivity contribution in [2.24, 2.45) is 5.73 Å². The predicted molar refractivity (Wildman–Crippen MR) is 78.7 cm³/mol. The number of benzene rings is 2. The summed E-state index contributed by atoms with van der Waals surface area (Å²) in [5.41, 5.74) is 6.68. The van der Waals surface area contributed by atoms with Crippen LogP contribution in [0.3, 0.4) is 0 Å². The lowest BCUT2D eigenvalue weighted by Crippen LogP contribution is -2.19. The van der Waals surface area contributed by atoms with Gasteiger partial charge < -0.3 is 16.4 Å². The van der Waals surface area contributed by atoms with Crippen LogP contribution in [-0.4, -0.2) is 11.9 Å². The molecule has 0 radical (unpaired) electrons. The fraction of sp³-hybridized carbons (Fsp3) is 0.0667. The number of halogens is 1. The van der Waals surface area contributed by atoms with Gasteiger partial charge in [-0.25, -0.2) is 9.18 Å². The number of nitrogens with two attached hydrogens (primary N) is 1. The lowest BCUT2D eigenvalue weighted by Gasteiger charge is -2.08. The maximum absolute atomic E-state index is 13.7. The molecule has 3 amide bonds. The molecule has 2 aromatic rings. The monoisotopic (exact) mass is 287 g/mol. The maximum atomic E-state index is 13.7. The molecule has 0 bridgehead atoms. The largest absolute Gasteiger partial charge is 0.351 e.